The van der Waals surface area contributed by atoms with E-state index in [1.165, 1.54) is 0 Å². The highest BCUT2D eigenvalue weighted by molar-refractivity contribution is 7.98. The third-order valence-electron chi connectivity index (χ3n) is 4.38. The minimum atomic E-state index is -0.425. The van der Waals surface area contributed by atoms with Gasteiger partial charge in [-0.15, -0.1) is 11.8 Å². The van der Waals surface area contributed by atoms with Crippen LogP contribution in [0.2, 0.25) is 0 Å². The van der Waals surface area contributed by atoms with Gasteiger partial charge in [0.05, 0.1) is 24.4 Å². The van der Waals surface area contributed by atoms with Crippen molar-refractivity contribution in [3.63, 3.8) is 0 Å². The zero-order chi connectivity index (χ0) is 18.7. The normalized spacial score (nSPS) is 16.6. The van der Waals surface area contributed by atoms with Gasteiger partial charge in [0.25, 0.3) is 0 Å². The van der Waals surface area contributed by atoms with Crippen molar-refractivity contribution in [3.8, 4) is 5.75 Å². The molecule has 1 aliphatic heterocycles. The fraction of sp³-hybridized carbons (Fsp3) is 0.263. The first-order chi connectivity index (χ1) is 12.5. The van der Waals surface area contributed by atoms with Crippen LogP contribution in [0.1, 0.15) is 6.42 Å². The van der Waals surface area contributed by atoms with E-state index in [1.54, 1.807) is 42.0 Å². The van der Waals surface area contributed by atoms with Crippen LogP contribution < -0.4 is 20.7 Å². The Kier molecular flexibility index (Phi) is 5.37. The van der Waals surface area contributed by atoms with Gasteiger partial charge in [-0.2, -0.15) is 0 Å². The Morgan fingerprint density at radius 3 is 2.85 bits per heavy atom. The van der Waals surface area contributed by atoms with Gasteiger partial charge in [-0.1, -0.05) is 6.07 Å². The quantitative estimate of drug-likeness (QED) is 0.623. The highest BCUT2D eigenvalue weighted by Crippen LogP contribution is 2.30. The SMILES string of the molecule is COc1ccc(N)c(NC(=O)C2CC(=O)N(c3cccc(SC)c3)C2)c1. The summed E-state index contributed by atoms with van der Waals surface area (Å²) in [6.45, 7) is 0.354. The van der Waals surface area contributed by atoms with Crippen LogP contribution in [-0.4, -0.2) is 31.7 Å². The predicted octanol–water partition coefficient (Wildman–Crippen LogP) is 2.99. The monoisotopic (exact) mass is 371 g/mol. The standard InChI is InChI=1S/C19H21N3O3S/c1-25-14-6-7-16(20)17(10-14)21-19(24)12-8-18(23)22(11-12)13-4-3-5-15(9-13)26-2/h3-7,9-10,12H,8,11,20H2,1-2H3,(H,21,24). The second-order valence-electron chi connectivity index (χ2n) is 6.05. The Hall–Kier alpha value is -2.67. The van der Waals surface area contributed by atoms with Crippen molar-refractivity contribution in [2.24, 2.45) is 5.92 Å². The number of methoxy groups -OCH3 is 1. The lowest BCUT2D eigenvalue weighted by atomic mass is 10.1. The number of rotatable bonds is 5. The molecule has 2 aromatic carbocycles. The molecule has 3 N–H and O–H groups in total. The molecule has 1 unspecified atom stereocenters. The molecule has 136 valence electrons. The summed E-state index contributed by atoms with van der Waals surface area (Å²) in [5.74, 6) is -0.0950. The maximum atomic E-state index is 12.6. The van der Waals surface area contributed by atoms with Gasteiger partial charge in [0, 0.05) is 29.6 Å². The van der Waals surface area contributed by atoms with Crippen molar-refractivity contribution in [2.45, 2.75) is 11.3 Å². The van der Waals surface area contributed by atoms with Crippen LogP contribution in [0.5, 0.6) is 5.75 Å². The second-order valence-corrected chi connectivity index (χ2v) is 6.93. The van der Waals surface area contributed by atoms with Crippen LogP contribution in [0.3, 0.4) is 0 Å². The van der Waals surface area contributed by atoms with Crippen LogP contribution in [0.15, 0.2) is 47.4 Å². The van der Waals surface area contributed by atoms with Gasteiger partial charge in [-0.25, -0.2) is 0 Å². The Balaban J connectivity index is 1.73. The van der Waals surface area contributed by atoms with Gasteiger partial charge in [0.1, 0.15) is 5.75 Å². The number of carbonyl (C=O) groups excluding carboxylic acids is 2. The van der Waals surface area contributed by atoms with Crippen molar-refractivity contribution in [1.82, 2.24) is 0 Å². The first kappa shape index (κ1) is 18.1. The smallest absolute Gasteiger partial charge is 0.229 e. The molecule has 0 radical (unpaired) electrons. The van der Waals surface area contributed by atoms with Gasteiger partial charge < -0.3 is 20.7 Å². The number of anilines is 3. The highest BCUT2D eigenvalue weighted by Gasteiger charge is 2.35. The molecule has 26 heavy (non-hydrogen) atoms. The second kappa shape index (κ2) is 7.70. The lowest BCUT2D eigenvalue weighted by Crippen LogP contribution is -2.28. The highest BCUT2D eigenvalue weighted by atomic mass is 32.2. The minimum Gasteiger partial charge on any atom is -0.497 e. The largest absolute Gasteiger partial charge is 0.497 e. The summed E-state index contributed by atoms with van der Waals surface area (Å²) in [6.07, 6.45) is 2.17. The van der Waals surface area contributed by atoms with Crippen molar-refractivity contribution < 1.29 is 14.3 Å². The zero-order valence-electron chi connectivity index (χ0n) is 14.7. The van der Waals surface area contributed by atoms with Crippen LogP contribution >= 0.6 is 11.8 Å². The lowest BCUT2D eigenvalue weighted by Gasteiger charge is -2.17. The predicted molar refractivity (Wildman–Crippen MR) is 105 cm³/mol. The molecule has 2 amide bonds. The molecule has 0 aromatic heterocycles. The van der Waals surface area contributed by atoms with Gasteiger partial charge in [0.2, 0.25) is 11.8 Å². The maximum Gasteiger partial charge on any atom is 0.229 e. The number of ether oxygens (including phenoxy) is 1. The van der Waals surface area contributed by atoms with Crippen LogP contribution in [0.4, 0.5) is 17.1 Å². The molecule has 1 fully saturated rings. The van der Waals surface area contributed by atoms with E-state index in [-0.39, 0.29) is 18.2 Å². The molecule has 0 saturated carbocycles. The summed E-state index contributed by atoms with van der Waals surface area (Å²) in [7, 11) is 1.55. The molecular weight excluding hydrogens is 350 g/mol. The van der Waals surface area contributed by atoms with E-state index >= 15 is 0 Å². The Morgan fingerprint density at radius 1 is 1.31 bits per heavy atom. The molecule has 3 rings (SSSR count). The van der Waals surface area contributed by atoms with Crippen molar-refractivity contribution >= 4 is 40.6 Å². The van der Waals surface area contributed by atoms with E-state index in [9.17, 15) is 9.59 Å². The molecule has 0 bridgehead atoms. The first-order valence-electron chi connectivity index (χ1n) is 8.20. The van der Waals surface area contributed by atoms with Crippen molar-refractivity contribution in [1.29, 1.82) is 0 Å². The third-order valence-corrected chi connectivity index (χ3v) is 5.10. The lowest BCUT2D eigenvalue weighted by molar-refractivity contribution is -0.122. The molecule has 1 saturated heterocycles. The molecule has 2 aromatic rings. The number of thioether (sulfide) groups is 1. The summed E-state index contributed by atoms with van der Waals surface area (Å²) in [6, 6.07) is 12.8. The number of amides is 2. The maximum absolute atomic E-state index is 12.6. The number of nitrogens with zero attached hydrogens (tertiary/aromatic N) is 1. The molecule has 1 heterocycles. The number of carbonyl (C=O) groups is 2. The molecule has 6 nitrogen and oxygen atoms in total. The first-order valence-corrected chi connectivity index (χ1v) is 9.43. The fourth-order valence-corrected chi connectivity index (χ4v) is 3.37. The van der Waals surface area contributed by atoms with E-state index in [4.69, 9.17) is 10.5 Å². The fourth-order valence-electron chi connectivity index (χ4n) is 2.92. The van der Waals surface area contributed by atoms with E-state index in [0.717, 1.165) is 10.6 Å². The van der Waals surface area contributed by atoms with Gasteiger partial charge in [-0.05, 0) is 36.6 Å². The van der Waals surface area contributed by atoms with Gasteiger partial charge >= 0.3 is 0 Å². The molecule has 1 aliphatic rings. The number of nitrogen functional groups attached to an aromatic ring is 1. The summed E-state index contributed by atoms with van der Waals surface area (Å²) in [4.78, 5) is 27.8. The Bertz CT molecular complexity index is 841. The van der Waals surface area contributed by atoms with Crippen LogP contribution in [0.25, 0.3) is 0 Å². The average molecular weight is 371 g/mol. The van der Waals surface area contributed by atoms with Crippen molar-refractivity contribution in [3.05, 3.63) is 42.5 Å². The third kappa shape index (κ3) is 3.77. The zero-order valence-corrected chi connectivity index (χ0v) is 15.5. The summed E-state index contributed by atoms with van der Waals surface area (Å²) < 4.78 is 5.16. The molecule has 7 heteroatoms. The van der Waals surface area contributed by atoms with E-state index in [2.05, 4.69) is 5.32 Å². The minimum absolute atomic E-state index is 0.0537. The Labute approximate surface area is 156 Å². The topological polar surface area (TPSA) is 84.7 Å². The summed E-state index contributed by atoms with van der Waals surface area (Å²) in [5, 5.41) is 2.82. The number of hydrogen-bond acceptors (Lipinski definition) is 5. The molecule has 0 aliphatic carbocycles. The van der Waals surface area contributed by atoms with Crippen LogP contribution in [-0.2, 0) is 9.59 Å². The number of nitrogens with one attached hydrogen (secondary N) is 1. The number of hydrogen-bond donors (Lipinski definition) is 2. The number of nitrogens with two attached hydrogens (primary N) is 1. The molecule has 0 spiro atoms. The summed E-state index contributed by atoms with van der Waals surface area (Å²) in [5.41, 5.74) is 7.68. The van der Waals surface area contributed by atoms with Gasteiger partial charge in [0.15, 0.2) is 0 Å². The Morgan fingerprint density at radius 2 is 2.12 bits per heavy atom. The van der Waals surface area contributed by atoms with E-state index < -0.39 is 5.92 Å². The van der Waals surface area contributed by atoms with Crippen molar-refractivity contribution in [2.75, 3.05) is 35.9 Å². The summed E-state index contributed by atoms with van der Waals surface area (Å²) >= 11 is 1.61. The molecule has 1 atom stereocenters. The molecular formula is C19H21N3O3S. The van der Waals surface area contributed by atoms with E-state index in [0.29, 0.717) is 23.7 Å². The van der Waals surface area contributed by atoms with E-state index in [1.807, 2.05) is 30.5 Å². The van der Waals surface area contributed by atoms with Crippen LogP contribution in [0, 0.1) is 5.92 Å². The average Bonchev–Trinajstić information content (AvgIpc) is 3.05. The van der Waals surface area contributed by atoms with Gasteiger partial charge in [-0.3, -0.25) is 9.59 Å². The number of benzene rings is 2.